The average Bonchev–Trinajstić information content (AvgIpc) is 2.88. The number of H-pyrrole nitrogens is 1. The highest BCUT2D eigenvalue weighted by Crippen LogP contribution is 2.21. The van der Waals surface area contributed by atoms with Crippen molar-refractivity contribution in [2.45, 2.75) is 39.7 Å². The van der Waals surface area contributed by atoms with Gasteiger partial charge in [0.2, 0.25) is 0 Å². The minimum Gasteiger partial charge on any atom is -0.454 e. The van der Waals surface area contributed by atoms with E-state index >= 15 is 0 Å². The molecule has 1 N–H and O–H groups in total. The quantitative estimate of drug-likeness (QED) is 0.830. The molecule has 0 saturated heterocycles. The monoisotopic (exact) mass is 287 g/mol. The van der Waals surface area contributed by atoms with Gasteiger partial charge < -0.3 is 9.72 Å². The first kappa shape index (κ1) is 15.3. The van der Waals surface area contributed by atoms with Crippen molar-refractivity contribution in [2.24, 2.45) is 5.92 Å². The van der Waals surface area contributed by atoms with Crippen molar-refractivity contribution < 1.29 is 14.3 Å². The summed E-state index contributed by atoms with van der Waals surface area (Å²) in [5, 5.41) is 1.06. The third-order valence-electron chi connectivity index (χ3n) is 3.80. The Kier molecular flexibility index (Phi) is 4.78. The Bertz CT molecular complexity index is 644. The van der Waals surface area contributed by atoms with Crippen LogP contribution >= 0.6 is 0 Å². The normalized spacial score (nSPS) is 13.9. The Hall–Kier alpha value is -2.10. The molecule has 2 aromatic rings. The average molecular weight is 287 g/mol. The van der Waals surface area contributed by atoms with Crippen LogP contribution < -0.4 is 0 Å². The van der Waals surface area contributed by atoms with Crippen LogP contribution in [0.2, 0.25) is 0 Å². The van der Waals surface area contributed by atoms with Gasteiger partial charge in [0.05, 0.1) is 0 Å². The van der Waals surface area contributed by atoms with E-state index in [0.717, 1.165) is 22.9 Å². The Labute approximate surface area is 124 Å². The number of carbonyl (C=O) groups excluding carboxylic acids is 2. The number of para-hydroxylation sites is 1. The number of benzene rings is 1. The molecule has 4 heteroatoms. The van der Waals surface area contributed by atoms with Gasteiger partial charge in [-0.2, -0.15) is 0 Å². The molecule has 0 spiro atoms. The molecule has 2 atom stereocenters. The molecule has 4 nitrogen and oxygen atoms in total. The Morgan fingerprint density at radius 1 is 1.29 bits per heavy atom. The van der Waals surface area contributed by atoms with Gasteiger partial charge in [-0.25, -0.2) is 0 Å². The van der Waals surface area contributed by atoms with Gasteiger partial charge in [0.15, 0.2) is 11.9 Å². The molecule has 2 rings (SSSR count). The summed E-state index contributed by atoms with van der Waals surface area (Å²) in [4.78, 5) is 26.8. The predicted octanol–water partition coefficient (Wildman–Crippen LogP) is 3.26. The van der Waals surface area contributed by atoms with Crippen molar-refractivity contribution >= 4 is 22.7 Å². The molecule has 1 heterocycles. The SMILES string of the molecule is CCC(C)C(=O)[C@@H](Cc1c[nH]c2ccccc12)OC(C)=O. The van der Waals surface area contributed by atoms with Crippen molar-refractivity contribution in [3.05, 3.63) is 36.0 Å². The fourth-order valence-electron chi connectivity index (χ4n) is 2.42. The van der Waals surface area contributed by atoms with E-state index in [0.29, 0.717) is 6.42 Å². The summed E-state index contributed by atoms with van der Waals surface area (Å²) in [5.41, 5.74) is 2.01. The Morgan fingerprint density at radius 3 is 2.67 bits per heavy atom. The molecule has 0 aliphatic rings. The van der Waals surface area contributed by atoms with Crippen molar-refractivity contribution in [1.82, 2.24) is 4.98 Å². The number of hydrogen-bond acceptors (Lipinski definition) is 3. The second-order valence-corrected chi connectivity index (χ2v) is 5.37. The Balaban J connectivity index is 2.26. The zero-order valence-electron chi connectivity index (χ0n) is 12.7. The highest BCUT2D eigenvalue weighted by Gasteiger charge is 2.26. The molecular weight excluding hydrogens is 266 g/mol. The van der Waals surface area contributed by atoms with E-state index in [2.05, 4.69) is 4.98 Å². The first-order valence-corrected chi connectivity index (χ1v) is 7.28. The van der Waals surface area contributed by atoms with Crippen molar-refractivity contribution in [3.63, 3.8) is 0 Å². The number of aromatic nitrogens is 1. The van der Waals surface area contributed by atoms with Crippen LogP contribution in [0.1, 0.15) is 32.8 Å². The summed E-state index contributed by atoms with van der Waals surface area (Å²) < 4.78 is 5.25. The molecule has 1 aromatic heterocycles. The molecule has 21 heavy (non-hydrogen) atoms. The summed E-state index contributed by atoms with van der Waals surface area (Å²) in [5.74, 6) is -0.547. The largest absolute Gasteiger partial charge is 0.454 e. The summed E-state index contributed by atoms with van der Waals surface area (Å²) in [6, 6.07) is 7.89. The van der Waals surface area contributed by atoms with Gasteiger partial charge in [-0.1, -0.05) is 32.0 Å². The number of ether oxygens (including phenoxy) is 1. The van der Waals surface area contributed by atoms with Gasteiger partial charge in [-0.15, -0.1) is 0 Å². The molecule has 0 aliphatic carbocycles. The van der Waals surface area contributed by atoms with E-state index in [1.54, 1.807) is 0 Å². The summed E-state index contributed by atoms with van der Waals surface area (Å²) in [6.07, 6.45) is 2.32. The highest BCUT2D eigenvalue weighted by atomic mass is 16.5. The topological polar surface area (TPSA) is 59.2 Å². The van der Waals surface area contributed by atoms with Crippen LogP contribution in [0.4, 0.5) is 0 Å². The van der Waals surface area contributed by atoms with Crippen LogP contribution in [0.3, 0.4) is 0 Å². The second-order valence-electron chi connectivity index (χ2n) is 5.37. The van der Waals surface area contributed by atoms with Gasteiger partial charge in [-0.3, -0.25) is 9.59 Å². The number of esters is 1. The number of carbonyl (C=O) groups is 2. The van der Waals surface area contributed by atoms with E-state index in [-0.39, 0.29) is 11.7 Å². The zero-order chi connectivity index (χ0) is 15.4. The van der Waals surface area contributed by atoms with Gasteiger partial charge in [0, 0.05) is 36.4 Å². The number of aromatic amines is 1. The first-order valence-electron chi connectivity index (χ1n) is 7.28. The van der Waals surface area contributed by atoms with Crippen molar-refractivity contribution in [2.75, 3.05) is 0 Å². The van der Waals surface area contributed by atoms with E-state index in [9.17, 15) is 9.59 Å². The maximum absolute atomic E-state index is 12.4. The van der Waals surface area contributed by atoms with Crippen LogP contribution in [-0.4, -0.2) is 22.8 Å². The van der Waals surface area contributed by atoms with E-state index in [1.165, 1.54) is 6.92 Å². The Morgan fingerprint density at radius 2 is 2.00 bits per heavy atom. The fourth-order valence-corrected chi connectivity index (χ4v) is 2.42. The first-order chi connectivity index (χ1) is 10.0. The molecule has 0 bridgehead atoms. The van der Waals surface area contributed by atoms with Crippen LogP contribution in [-0.2, 0) is 20.7 Å². The van der Waals surface area contributed by atoms with E-state index < -0.39 is 12.1 Å². The lowest BCUT2D eigenvalue weighted by Gasteiger charge is -2.18. The maximum Gasteiger partial charge on any atom is 0.303 e. The van der Waals surface area contributed by atoms with Gasteiger partial charge in [0.1, 0.15) is 0 Å². The fraction of sp³-hybridized carbons (Fsp3) is 0.412. The number of nitrogens with one attached hydrogen (secondary N) is 1. The summed E-state index contributed by atoms with van der Waals surface area (Å²) in [6.45, 7) is 5.17. The van der Waals surface area contributed by atoms with Crippen LogP contribution in [0.25, 0.3) is 10.9 Å². The van der Waals surface area contributed by atoms with Crippen molar-refractivity contribution in [3.8, 4) is 0 Å². The molecule has 1 unspecified atom stereocenters. The number of fused-ring (bicyclic) bond motifs is 1. The van der Waals surface area contributed by atoms with Crippen molar-refractivity contribution in [1.29, 1.82) is 0 Å². The maximum atomic E-state index is 12.4. The third-order valence-corrected chi connectivity index (χ3v) is 3.80. The molecular formula is C17H21NO3. The lowest BCUT2D eigenvalue weighted by atomic mass is 9.95. The predicted molar refractivity (Wildman–Crippen MR) is 82.0 cm³/mol. The third kappa shape index (κ3) is 3.51. The zero-order valence-corrected chi connectivity index (χ0v) is 12.7. The minimum absolute atomic E-state index is 0.0158. The molecule has 0 amide bonds. The number of hydrogen-bond donors (Lipinski definition) is 1. The summed E-state index contributed by atoms with van der Waals surface area (Å²) >= 11 is 0. The smallest absolute Gasteiger partial charge is 0.303 e. The number of ketones is 1. The number of rotatable bonds is 6. The van der Waals surface area contributed by atoms with E-state index in [1.807, 2.05) is 44.3 Å². The van der Waals surface area contributed by atoms with E-state index in [4.69, 9.17) is 4.74 Å². The standard InChI is InChI=1S/C17H21NO3/c1-4-11(2)17(20)16(21-12(3)19)9-13-10-18-15-8-6-5-7-14(13)15/h5-8,10-11,16,18H,4,9H2,1-3H3/t11?,16-/m1/s1. The van der Waals surface area contributed by atoms with Gasteiger partial charge >= 0.3 is 5.97 Å². The lowest BCUT2D eigenvalue weighted by Crippen LogP contribution is -2.32. The van der Waals surface area contributed by atoms with Gasteiger partial charge in [-0.05, 0) is 18.1 Å². The molecule has 0 aliphatic heterocycles. The lowest BCUT2D eigenvalue weighted by molar-refractivity contribution is -0.154. The molecule has 0 fully saturated rings. The molecule has 112 valence electrons. The molecule has 1 aromatic carbocycles. The van der Waals surface area contributed by atoms with Crippen LogP contribution in [0.15, 0.2) is 30.5 Å². The van der Waals surface area contributed by atoms with Crippen LogP contribution in [0, 0.1) is 5.92 Å². The highest BCUT2D eigenvalue weighted by molar-refractivity contribution is 5.89. The van der Waals surface area contributed by atoms with Gasteiger partial charge in [0.25, 0.3) is 0 Å². The van der Waals surface area contributed by atoms with Crippen LogP contribution in [0.5, 0.6) is 0 Å². The molecule has 0 radical (unpaired) electrons. The minimum atomic E-state index is -0.711. The second kappa shape index (κ2) is 6.57. The number of Topliss-reactive ketones (excluding diaryl/α,β-unsaturated/α-hetero) is 1. The summed E-state index contributed by atoms with van der Waals surface area (Å²) in [7, 11) is 0. The molecule has 0 saturated carbocycles.